The van der Waals surface area contributed by atoms with Crippen LogP contribution in [0.1, 0.15) is 30.7 Å². The molecule has 0 radical (unpaired) electrons. The molecule has 0 aliphatic carbocycles. The molecule has 0 spiro atoms. The number of anilines is 1. The van der Waals surface area contributed by atoms with Crippen molar-refractivity contribution >= 4 is 11.7 Å². The third-order valence-electron chi connectivity index (χ3n) is 3.70. The van der Waals surface area contributed by atoms with E-state index in [9.17, 15) is 10.1 Å². The first-order valence-corrected chi connectivity index (χ1v) is 6.89. The zero-order valence-electron chi connectivity index (χ0n) is 12.2. The van der Waals surface area contributed by atoms with Gasteiger partial charge in [-0.2, -0.15) is 10.4 Å². The fourth-order valence-electron chi connectivity index (χ4n) is 2.44. The van der Waals surface area contributed by atoms with E-state index >= 15 is 0 Å². The largest absolute Gasteiger partial charge is 0.343 e. The summed E-state index contributed by atoms with van der Waals surface area (Å²) in [5.41, 5.74) is 2.39. The van der Waals surface area contributed by atoms with Gasteiger partial charge in [-0.25, -0.2) is 0 Å². The summed E-state index contributed by atoms with van der Waals surface area (Å²) < 4.78 is 0. The van der Waals surface area contributed by atoms with Crippen molar-refractivity contribution in [3.05, 3.63) is 16.8 Å². The van der Waals surface area contributed by atoms with Crippen molar-refractivity contribution in [2.24, 2.45) is 0 Å². The van der Waals surface area contributed by atoms with Gasteiger partial charge in [0.05, 0.1) is 12.2 Å². The van der Waals surface area contributed by atoms with E-state index < -0.39 is 0 Å². The lowest BCUT2D eigenvalue weighted by Gasteiger charge is -2.33. The van der Waals surface area contributed by atoms with Gasteiger partial charge in [0.2, 0.25) is 5.91 Å². The molecule has 0 aromatic carbocycles. The molecule has 0 bridgehead atoms. The normalized spacial score (nSPS) is 15.4. The molecule has 20 heavy (non-hydrogen) atoms. The summed E-state index contributed by atoms with van der Waals surface area (Å²) in [5, 5.41) is 17.9. The first-order chi connectivity index (χ1) is 9.62. The van der Waals surface area contributed by atoms with Crippen molar-refractivity contribution in [1.29, 1.82) is 5.26 Å². The van der Waals surface area contributed by atoms with Crippen molar-refractivity contribution < 1.29 is 4.79 Å². The van der Waals surface area contributed by atoms with Crippen molar-refractivity contribution in [2.45, 2.75) is 26.7 Å². The van der Waals surface area contributed by atoms with Gasteiger partial charge in [-0.15, -0.1) is 5.10 Å². The molecule has 1 aromatic rings. The van der Waals surface area contributed by atoms with Crippen LogP contribution in [0.5, 0.6) is 0 Å². The Kier molecular flexibility index (Phi) is 4.18. The summed E-state index contributed by atoms with van der Waals surface area (Å²) >= 11 is 0. The second kappa shape index (κ2) is 5.87. The van der Waals surface area contributed by atoms with Crippen molar-refractivity contribution in [3.63, 3.8) is 0 Å². The Morgan fingerprint density at radius 3 is 2.55 bits per heavy atom. The molecule has 1 aliphatic heterocycles. The van der Waals surface area contributed by atoms with E-state index in [0.29, 0.717) is 24.5 Å². The van der Waals surface area contributed by atoms with Crippen molar-refractivity contribution in [3.8, 4) is 6.07 Å². The molecule has 2 rings (SSSR count). The van der Waals surface area contributed by atoms with Crippen LogP contribution in [0, 0.1) is 11.3 Å². The molecule has 1 amide bonds. The maximum atomic E-state index is 11.8. The summed E-state index contributed by atoms with van der Waals surface area (Å²) in [7, 11) is 1.79. The Morgan fingerprint density at radius 2 is 2.00 bits per heavy atom. The van der Waals surface area contributed by atoms with Gasteiger partial charge in [0.25, 0.3) is 0 Å². The minimum Gasteiger partial charge on any atom is -0.343 e. The lowest BCUT2D eigenvalue weighted by Crippen LogP contribution is -2.49. The van der Waals surface area contributed by atoms with E-state index in [0.717, 1.165) is 24.1 Å². The van der Waals surface area contributed by atoms with E-state index in [1.807, 2.05) is 18.7 Å². The van der Waals surface area contributed by atoms with Gasteiger partial charge in [0.1, 0.15) is 11.6 Å². The number of carbonyl (C=O) groups is 1. The predicted octanol–water partition coefficient (Wildman–Crippen LogP) is 0.751. The van der Waals surface area contributed by atoms with Crippen LogP contribution in [-0.2, 0) is 17.6 Å². The number of hydrogen-bond donors (Lipinski definition) is 0. The zero-order chi connectivity index (χ0) is 14.7. The van der Waals surface area contributed by atoms with E-state index in [4.69, 9.17) is 0 Å². The third-order valence-corrected chi connectivity index (χ3v) is 3.70. The first kappa shape index (κ1) is 14.3. The molecule has 1 saturated heterocycles. The molecule has 0 unspecified atom stereocenters. The molecule has 0 saturated carbocycles. The number of piperazine rings is 1. The van der Waals surface area contributed by atoms with Crippen LogP contribution in [-0.4, -0.2) is 47.7 Å². The highest BCUT2D eigenvalue weighted by Gasteiger charge is 2.26. The van der Waals surface area contributed by atoms with Gasteiger partial charge in [-0.3, -0.25) is 4.79 Å². The molecule has 1 aromatic heterocycles. The molecule has 1 fully saturated rings. The number of amides is 1. The van der Waals surface area contributed by atoms with Gasteiger partial charge in [0.15, 0.2) is 5.82 Å². The highest BCUT2D eigenvalue weighted by Crippen LogP contribution is 2.24. The predicted molar refractivity (Wildman–Crippen MR) is 75.4 cm³/mol. The molecule has 0 N–H and O–H groups in total. The lowest BCUT2D eigenvalue weighted by atomic mass is 10.0. The second-order valence-electron chi connectivity index (χ2n) is 4.88. The standard InChI is InChI=1S/C14H19N5O/c1-4-10-11(8-15)14(17-16-12(10)5-2)19-7-6-18(3)13(20)9-19/h4-7,9H2,1-3H3. The monoisotopic (exact) mass is 273 g/mol. The molecule has 6 heteroatoms. The summed E-state index contributed by atoms with van der Waals surface area (Å²) in [6, 6.07) is 2.24. The maximum Gasteiger partial charge on any atom is 0.241 e. The molecule has 6 nitrogen and oxygen atoms in total. The second-order valence-corrected chi connectivity index (χ2v) is 4.88. The number of hydrogen-bond acceptors (Lipinski definition) is 5. The fourth-order valence-corrected chi connectivity index (χ4v) is 2.44. The van der Waals surface area contributed by atoms with Crippen LogP contribution in [0.3, 0.4) is 0 Å². The summed E-state index contributed by atoms with van der Waals surface area (Å²) in [6.45, 7) is 5.59. The van der Waals surface area contributed by atoms with Crippen LogP contribution >= 0.6 is 0 Å². The molecular weight excluding hydrogens is 254 g/mol. The molecular formula is C14H19N5O. The lowest BCUT2D eigenvalue weighted by molar-refractivity contribution is -0.129. The minimum atomic E-state index is 0.0413. The third kappa shape index (κ3) is 2.44. The van der Waals surface area contributed by atoms with Crippen molar-refractivity contribution in [2.75, 3.05) is 31.6 Å². The van der Waals surface area contributed by atoms with Crippen LogP contribution in [0.2, 0.25) is 0 Å². The van der Waals surface area contributed by atoms with E-state index in [-0.39, 0.29) is 12.5 Å². The van der Waals surface area contributed by atoms with Gasteiger partial charge in [0, 0.05) is 20.1 Å². The summed E-state index contributed by atoms with van der Waals surface area (Å²) in [4.78, 5) is 15.4. The van der Waals surface area contributed by atoms with Gasteiger partial charge in [-0.05, 0) is 18.4 Å². The smallest absolute Gasteiger partial charge is 0.241 e. The Balaban J connectivity index is 2.42. The highest BCUT2D eigenvalue weighted by atomic mass is 16.2. The van der Waals surface area contributed by atoms with E-state index in [1.165, 1.54) is 0 Å². The van der Waals surface area contributed by atoms with Gasteiger partial charge >= 0.3 is 0 Å². The average Bonchev–Trinajstić information content (AvgIpc) is 2.48. The highest BCUT2D eigenvalue weighted by molar-refractivity contribution is 5.82. The Morgan fingerprint density at radius 1 is 1.25 bits per heavy atom. The average molecular weight is 273 g/mol. The number of rotatable bonds is 3. The summed E-state index contributed by atoms with van der Waals surface area (Å²) in [6.07, 6.45) is 1.50. The summed E-state index contributed by atoms with van der Waals surface area (Å²) in [5.74, 6) is 0.586. The van der Waals surface area contributed by atoms with Gasteiger partial charge < -0.3 is 9.80 Å². The molecule has 106 valence electrons. The molecule has 0 atom stereocenters. The number of aryl methyl sites for hydroxylation is 1. The van der Waals surface area contributed by atoms with Crippen LogP contribution in [0.25, 0.3) is 0 Å². The molecule has 2 heterocycles. The van der Waals surface area contributed by atoms with Crippen LogP contribution in [0.4, 0.5) is 5.82 Å². The molecule has 1 aliphatic rings. The number of likely N-dealkylation sites (N-methyl/N-ethyl adjacent to an activating group) is 1. The fraction of sp³-hybridized carbons (Fsp3) is 0.571. The van der Waals surface area contributed by atoms with Gasteiger partial charge in [-0.1, -0.05) is 13.8 Å². The maximum absolute atomic E-state index is 11.8. The zero-order valence-corrected chi connectivity index (χ0v) is 12.2. The van der Waals surface area contributed by atoms with Crippen LogP contribution in [0.15, 0.2) is 0 Å². The topological polar surface area (TPSA) is 73.1 Å². The van der Waals surface area contributed by atoms with E-state index in [2.05, 4.69) is 16.3 Å². The Hall–Kier alpha value is -2.16. The Labute approximate surface area is 119 Å². The quantitative estimate of drug-likeness (QED) is 0.812. The number of aromatic nitrogens is 2. The minimum absolute atomic E-state index is 0.0413. The van der Waals surface area contributed by atoms with E-state index in [1.54, 1.807) is 11.9 Å². The van der Waals surface area contributed by atoms with Crippen LogP contribution < -0.4 is 4.90 Å². The SMILES string of the molecule is CCc1nnc(N2CCN(C)C(=O)C2)c(C#N)c1CC. The Bertz CT molecular complexity index is 563. The number of nitrogens with zero attached hydrogens (tertiary/aromatic N) is 5. The number of nitriles is 1. The first-order valence-electron chi connectivity index (χ1n) is 6.89. The number of carbonyl (C=O) groups excluding carboxylic acids is 1. The van der Waals surface area contributed by atoms with Crippen molar-refractivity contribution in [1.82, 2.24) is 15.1 Å².